The predicted octanol–water partition coefficient (Wildman–Crippen LogP) is 2.44. The quantitative estimate of drug-likeness (QED) is 0.499. The molecule has 0 spiro atoms. The predicted molar refractivity (Wildman–Crippen MR) is 66.5 cm³/mol. The molecule has 94 valence electrons. The fourth-order valence-corrected chi connectivity index (χ4v) is 1.61. The van der Waals surface area contributed by atoms with Gasteiger partial charge >= 0.3 is 5.97 Å². The summed E-state index contributed by atoms with van der Waals surface area (Å²) in [5.74, 6) is -0.0269. The van der Waals surface area contributed by atoms with Gasteiger partial charge < -0.3 is 10.1 Å². The SMILES string of the molecule is CCCCNc1nc(Cl)nc(C)c1C(=O)OC. The van der Waals surface area contributed by atoms with E-state index in [9.17, 15) is 4.79 Å². The Labute approximate surface area is 106 Å². The molecule has 0 saturated heterocycles. The first-order chi connectivity index (χ1) is 8.10. The number of carbonyl (C=O) groups is 1. The lowest BCUT2D eigenvalue weighted by Crippen LogP contribution is -2.14. The maximum Gasteiger partial charge on any atom is 0.343 e. The number of hydrogen-bond donors (Lipinski definition) is 1. The maximum atomic E-state index is 11.6. The smallest absolute Gasteiger partial charge is 0.343 e. The summed E-state index contributed by atoms with van der Waals surface area (Å²) in [5, 5.41) is 3.19. The maximum absolute atomic E-state index is 11.6. The van der Waals surface area contributed by atoms with Gasteiger partial charge in [0.2, 0.25) is 5.28 Å². The van der Waals surface area contributed by atoms with Crippen LogP contribution in [0.25, 0.3) is 0 Å². The molecule has 1 aromatic rings. The van der Waals surface area contributed by atoms with Crippen LogP contribution in [0.2, 0.25) is 5.28 Å². The van der Waals surface area contributed by atoms with Gasteiger partial charge in [-0.1, -0.05) is 13.3 Å². The second-order valence-corrected chi connectivity index (χ2v) is 3.91. The third kappa shape index (κ3) is 3.56. The Morgan fingerprint density at radius 2 is 2.18 bits per heavy atom. The standard InChI is InChI=1S/C11H16ClN3O2/c1-4-5-6-13-9-8(10(16)17-3)7(2)14-11(12)15-9/h4-6H2,1-3H3,(H,13,14,15). The second-order valence-electron chi connectivity index (χ2n) is 3.57. The summed E-state index contributed by atoms with van der Waals surface area (Å²) in [4.78, 5) is 19.6. The van der Waals surface area contributed by atoms with Gasteiger partial charge in [0.1, 0.15) is 11.4 Å². The van der Waals surface area contributed by atoms with Crippen molar-refractivity contribution in [3.63, 3.8) is 0 Å². The van der Waals surface area contributed by atoms with Gasteiger partial charge in [-0.3, -0.25) is 0 Å². The minimum atomic E-state index is -0.460. The number of nitrogens with zero attached hydrogens (tertiary/aromatic N) is 2. The van der Waals surface area contributed by atoms with Gasteiger partial charge in [-0.05, 0) is 24.9 Å². The van der Waals surface area contributed by atoms with Crippen LogP contribution >= 0.6 is 11.6 Å². The lowest BCUT2D eigenvalue weighted by Gasteiger charge is -2.11. The molecule has 17 heavy (non-hydrogen) atoms. The molecule has 1 N–H and O–H groups in total. The minimum Gasteiger partial charge on any atom is -0.465 e. The Balaban J connectivity index is 3.02. The summed E-state index contributed by atoms with van der Waals surface area (Å²) in [6.07, 6.45) is 2.04. The first kappa shape index (κ1) is 13.7. The zero-order valence-electron chi connectivity index (χ0n) is 10.2. The molecule has 0 bridgehead atoms. The van der Waals surface area contributed by atoms with Gasteiger partial charge in [-0.25, -0.2) is 9.78 Å². The molecule has 0 unspecified atom stereocenters. The van der Waals surface area contributed by atoms with Gasteiger partial charge in [-0.15, -0.1) is 0 Å². The van der Waals surface area contributed by atoms with Gasteiger partial charge in [0.15, 0.2) is 0 Å². The number of esters is 1. The number of ether oxygens (including phenoxy) is 1. The molecule has 0 aliphatic rings. The van der Waals surface area contributed by atoms with Crippen molar-refractivity contribution in [2.24, 2.45) is 0 Å². The molecular weight excluding hydrogens is 242 g/mol. The number of anilines is 1. The number of unbranched alkanes of at least 4 members (excludes halogenated alkanes) is 1. The van der Waals surface area contributed by atoms with Crippen molar-refractivity contribution in [3.05, 3.63) is 16.5 Å². The van der Waals surface area contributed by atoms with Crippen LogP contribution in [-0.2, 0) is 4.74 Å². The van der Waals surface area contributed by atoms with Crippen LogP contribution in [0.1, 0.15) is 35.8 Å². The molecular formula is C11H16ClN3O2. The molecule has 0 aliphatic carbocycles. The summed E-state index contributed by atoms with van der Waals surface area (Å²) < 4.78 is 4.70. The van der Waals surface area contributed by atoms with E-state index in [2.05, 4.69) is 22.2 Å². The average Bonchev–Trinajstić information content (AvgIpc) is 2.28. The van der Waals surface area contributed by atoms with Crippen LogP contribution in [0.15, 0.2) is 0 Å². The highest BCUT2D eigenvalue weighted by Crippen LogP contribution is 2.19. The second kappa shape index (κ2) is 6.39. The summed E-state index contributed by atoms with van der Waals surface area (Å²) in [7, 11) is 1.33. The first-order valence-corrected chi connectivity index (χ1v) is 5.84. The number of nitrogens with one attached hydrogen (secondary N) is 1. The molecule has 0 aliphatic heterocycles. The Morgan fingerprint density at radius 3 is 2.76 bits per heavy atom. The number of halogens is 1. The van der Waals surface area contributed by atoms with E-state index >= 15 is 0 Å². The van der Waals surface area contributed by atoms with E-state index in [0.29, 0.717) is 17.1 Å². The lowest BCUT2D eigenvalue weighted by atomic mass is 10.2. The van der Waals surface area contributed by atoms with Gasteiger partial charge in [0.05, 0.1) is 12.8 Å². The zero-order valence-corrected chi connectivity index (χ0v) is 11.0. The van der Waals surface area contributed by atoms with Gasteiger partial charge in [-0.2, -0.15) is 4.98 Å². The van der Waals surface area contributed by atoms with Crippen LogP contribution in [0.3, 0.4) is 0 Å². The number of rotatable bonds is 5. The van der Waals surface area contributed by atoms with Crippen molar-refractivity contribution in [2.75, 3.05) is 19.0 Å². The van der Waals surface area contributed by atoms with E-state index in [0.717, 1.165) is 19.4 Å². The fraction of sp³-hybridized carbons (Fsp3) is 0.545. The average molecular weight is 258 g/mol. The summed E-state index contributed by atoms with van der Waals surface area (Å²) in [5.41, 5.74) is 0.851. The van der Waals surface area contributed by atoms with Crippen molar-refractivity contribution in [3.8, 4) is 0 Å². The Hall–Kier alpha value is -1.36. The largest absolute Gasteiger partial charge is 0.465 e. The summed E-state index contributed by atoms with van der Waals surface area (Å²) in [6, 6.07) is 0. The Bertz CT molecular complexity index is 410. The van der Waals surface area contributed by atoms with E-state index in [1.165, 1.54) is 7.11 Å². The number of methoxy groups -OCH3 is 1. The molecule has 0 amide bonds. The topological polar surface area (TPSA) is 64.1 Å². The third-order valence-corrected chi connectivity index (χ3v) is 2.44. The van der Waals surface area contributed by atoms with Crippen molar-refractivity contribution in [1.82, 2.24) is 9.97 Å². The van der Waals surface area contributed by atoms with Crippen molar-refractivity contribution >= 4 is 23.4 Å². The van der Waals surface area contributed by atoms with Crippen LogP contribution in [-0.4, -0.2) is 29.6 Å². The van der Waals surface area contributed by atoms with E-state index in [1.54, 1.807) is 6.92 Å². The lowest BCUT2D eigenvalue weighted by molar-refractivity contribution is 0.0600. The third-order valence-electron chi connectivity index (χ3n) is 2.27. The molecule has 0 saturated carbocycles. The van der Waals surface area contributed by atoms with Crippen molar-refractivity contribution in [1.29, 1.82) is 0 Å². The van der Waals surface area contributed by atoms with E-state index in [-0.39, 0.29) is 5.28 Å². The van der Waals surface area contributed by atoms with Gasteiger partial charge in [0, 0.05) is 6.54 Å². The summed E-state index contributed by atoms with van der Waals surface area (Å²) in [6.45, 7) is 4.51. The fourth-order valence-electron chi connectivity index (χ4n) is 1.40. The molecule has 0 atom stereocenters. The monoisotopic (exact) mass is 257 g/mol. The Kier molecular flexibility index (Phi) is 5.15. The number of hydrogen-bond acceptors (Lipinski definition) is 5. The first-order valence-electron chi connectivity index (χ1n) is 5.46. The molecule has 1 heterocycles. The van der Waals surface area contributed by atoms with Crippen LogP contribution in [0.4, 0.5) is 5.82 Å². The molecule has 6 heteroatoms. The molecule has 0 radical (unpaired) electrons. The van der Waals surface area contributed by atoms with Crippen LogP contribution in [0.5, 0.6) is 0 Å². The molecule has 0 fully saturated rings. The minimum absolute atomic E-state index is 0.120. The molecule has 0 aromatic carbocycles. The zero-order chi connectivity index (χ0) is 12.8. The van der Waals surface area contributed by atoms with E-state index in [4.69, 9.17) is 16.3 Å². The van der Waals surface area contributed by atoms with Crippen LogP contribution in [0, 0.1) is 6.92 Å². The highest BCUT2D eigenvalue weighted by molar-refractivity contribution is 6.28. The highest BCUT2D eigenvalue weighted by atomic mass is 35.5. The summed E-state index contributed by atoms with van der Waals surface area (Å²) >= 11 is 5.77. The van der Waals surface area contributed by atoms with E-state index in [1.807, 2.05) is 0 Å². The van der Waals surface area contributed by atoms with E-state index < -0.39 is 5.97 Å². The molecule has 1 rings (SSSR count). The van der Waals surface area contributed by atoms with Crippen LogP contribution < -0.4 is 5.32 Å². The van der Waals surface area contributed by atoms with Crippen molar-refractivity contribution in [2.45, 2.75) is 26.7 Å². The van der Waals surface area contributed by atoms with Gasteiger partial charge in [0.25, 0.3) is 0 Å². The van der Waals surface area contributed by atoms with Crippen molar-refractivity contribution < 1.29 is 9.53 Å². The normalized spacial score (nSPS) is 10.1. The number of aryl methyl sites for hydroxylation is 1. The number of aromatic nitrogens is 2. The molecule has 1 aromatic heterocycles. The molecule has 5 nitrogen and oxygen atoms in total. The Morgan fingerprint density at radius 1 is 1.47 bits per heavy atom. The number of carbonyl (C=O) groups excluding carboxylic acids is 1. The highest BCUT2D eigenvalue weighted by Gasteiger charge is 2.18.